The zero-order valence-corrected chi connectivity index (χ0v) is 11.8. The number of aromatic nitrogens is 1. The maximum atomic E-state index is 9.40. The maximum absolute atomic E-state index is 9.40. The average Bonchev–Trinajstić information content (AvgIpc) is 2.45. The normalized spacial score (nSPS) is 13.3. The van der Waals surface area contributed by atoms with E-state index in [1.807, 2.05) is 36.9 Å². The fourth-order valence-electron chi connectivity index (χ4n) is 1.87. The number of aliphatic hydroxyl groups excluding tert-OH is 1. The molecule has 0 aliphatic heterocycles. The van der Waals surface area contributed by atoms with E-state index in [4.69, 9.17) is 5.73 Å². The summed E-state index contributed by atoms with van der Waals surface area (Å²) < 4.78 is 0. The lowest BCUT2D eigenvalue weighted by Crippen LogP contribution is -2.37. The van der Waals surface area contributed by atoms with E-state index in [0.29, 0.717) is 18.9 Å². The van der Waals surface area contributed by atoms with Crippen LogP contribution < -0.4 is 5.73 Å². The summed E-state index contributed by atoms with van der Waals surface area (Å²) >= 11 is 0. The van der Waals surface area contributed by atoms with Gasteiger partial charge in [-0.3, -0.25) is 9.98 Å². The van der Waals surface area contributed by atoms with E-state index < -0.39 is 0 Å². The molecule has 0 saturated heterocycles. The first-order valence-corrected chi connectivity index (χ1v) is 6.76. The Balaban J connectivity index is 2.55. The number of aliphatic hydroxyl groups is 1. The number of guanidine groups is 1. The Bertz CT molecular complexity index is 376. The standard InChI is InChI=1S/C14H24N4O/c1-3-18(4-2)14(15)17-10-12(11-19)9-13-7-5-6-8-16-13/h5-8,12,19H,3-4,9-11H2,1-2H3,(H2,15,17). The largest absolute Gasteiger partial charge is 0.396 e. The molecular formula is C14H24N4O. The molecule has 0 radical (unpaired) electrons. The number of hydrogen-bond donors (Lipinski definition) is 2. The summed E-state index contributed by atoms with van der Waals surface area (Å²) in [7, 11) is 0. The van der Waals surface area contributed by atoms with Gasteiger partial charge < -0.3 is 15.7 Å². The quantitative estimate of drug-likeness (QED) is 0.566. The van der Waals surface area contributed by atoms with Gasteiger partial charge in [-0.1, -0.05) is 6.07 Å². The Kier molecular flexibility index (Phi) is 6.89. The van der Waals surface area contributed by atoms with Gasteiger partial charge in [0.2, 0.25) is 0 Å². The molecule has 0 aliphatic carbocycles. The summed E-state index contributed by atoms with van der Waals surface area (Å²) in [5.74, 6) is 0.605. The van der Waals surface area contributed by atoms with Gasteiger partial charge in [-0.05, 0) is 32.4 Å². The number of hydrogen-bond acceptors (Lipinski definition) is 3. The van der Waals surface area contributed by atoms with Crippen LogP contribution in [0.1, 0.15) is 19.5 Å². The van der Waals surface area contributed by atoms with Crippen molar-refractivity contribution in [1.82, 2.24) is 9.88 Å². The van der Waals surface area contributed by atoms with E-state index in [-0.39, 0.29) is 12.5 Å². The molecule has 0 saturated carbocycles. The van der Waals surface area contributed by atoms with Crippen molar-refractivity contribution in [2.75, 3.05) is 26.2 Å². The van der Waals surface area contributed by atoms with E-state index in [9.17, 15) is 5.11 Å². The van der Waals surface area contributed by atoms with Gasteiger partial charge in [0, 0.05) is 44.0 Å². The molecule has 0 aliphatic rings. The molecule has 0 amide bonds. The molecule has 19 heavy (non-hydrogen) atoms. The van der Waals surface area contributed by atoms with Crippen molar-refractivity contribution >= 4 is 5.96 Å². The average molecular weight is 264 g/mol. The molecule has 5 nitrogen and oxygen atoms in total. The van der Waals surface area contributed by atoms with Crippen LogP contribution in [-0.2, 0) is 6.42 Å². The number of nitrogens with two attached hydrogens (primary N) is 1. The lowest BCUT2D eigenvalue weighted by Gasteiger charge is -2.20. The molecule has 106 valence electrons. The number of rotatable bonds is 7. The molecule has 3 N–H and O–H groups in total. The van der Waals surface area contributed by atoms with Gasteiger partial charge in [0.1, 0.15) is 0 Å². The van der Waals surface area contributed by atoms with Crippen LogP contribution in [0.5, 0.6) is 0 Å². The molecule has 0 spiro atoms. The van der Waals surface area contributed by atoms with Crippen LogP contribution >= 0.6 is 0 Å². The third kappa shape index (κ3) is 5.26. The lowest BCUT2D eigenvalue weighted by atomic mass is 10.0. The lowest BCUT2D eigenvalue weighted by molar-refractivity contribution is 0.229. The van der Waals surface area contributed by atoms with Crippen molar-refractivity contribution in [1.29, 1.82) is 0 Å². The number of nitrogens with zero attached hydrogens (tertiary/aromatic N) is 3. The predicted molar refractivity (Wildman–Crippen MR) is 77.9 cm³/mol. The van der Waals surface area contributed by atoms with Crippen LogP contribution in [0.25, 0.3) is 0 Å². The van der Waals surface area contributed by atoms with Crippen molar-refractivity contribution < 1.29 is 5.11 Å². The highest BCUT2D eigenvalue weighted by molar-refractivity contribution is 5.77. The SMILES string of the molecule is CCN(CC)C(N)=NCC(CO)Cc1ccccn1. The highest BCUT2D eigenvalue weighted by Crippen LogP contribution is 2.06. The van der Waals surface area contributed by atoms with E-state index in [0.717, 1.165) is 18.8 Å². The monoisotopic (exact) mass is 264 g/mol. The summed E-state index contributed by atoms with van der Waals surface area (Å²) in [6, 6.07) is 5.79. The van der Waals surface area contributed by atoms with Crippen LogP contribution in [0.4, 0.5) is 0 Å². The maximum Gasteiger partial charge on any atom is 0.191 e. The predicted octanol–water partition coefficient (Wildman–Crippen LogP) is 0.889. The van der Waals surface area contributed by atoms with Crippen molar-refractivity contribution in [3.05, 3.63) is 30.1 Å². The van der Waals surface area contributed by atoms with Crippen molar-refractivity contribution in [2.24, 2.45) is 16.6 Å². The number of aliphatic imine (C=N–C) groups is 1. The van der Waals surface area contributed by atoms with Gasteiger partial charge >= 0.3 is 0 Å². The molecule has 1 aromatic heterocycles. The minimum atomic E-state index is 0.0593. The minimum absolute atomic E-state index is 0.0593. The third-order valence-corrected chi connectivity index (χ3v) is 3.08. The molecule has 0 bridgehead atoms. The summed E-state index contributed by atoms with van der Waals surface area (Å²) in [5, 5.41) is 9.40. The van der Waals surface area contributed by atoms with E-state index in [2.05, 4.69) is 9.98 Å². The molecule has 1 heterocycles. The highest BCUT2D eigenvalue weighted by Gasteiger charge is 2.10. The first-order valence-electron chi connectivity index (χ1n) is 6.76. The Morgan fingerprint density at radius 3 is 2.68 bits per heavy atom. The topological polar surface area (TPSA) is 74.7 Å². The molecular weight excluding hydrogens is 240 g/mol. The van der Waals surface area contributed by atoms with Crippen LogP contribution in [0.3, 0.4) is 0 Å². The van der Waals surface area contributed by atoms with E-state index in [1.54, 1.807) is 6.20 Å². The fourth-order valence-corrected chi connectivity index (χ4v) is 1.87. The third-order valence-electron chi connectivity index (χ3n) is 3.08. The van der Waals surface area contributed by atoms with Gasteiger partial charge in [0.25, 0.3) is 0 Å². The summed E-state index contributed by atoms with van der Waals surface area (Å²) in [5.41, 5.74) is 6.88. The molecule has 5 heteroatoms. The fraction of sp³-hybridized carbons (Fsp3) is 0.571. The van der Waals surface area contributed by atoms with E-state index >= 15 is 0 Å². The second-order valence-corrected chi connectivity index (χ2v) is 4.44. The van der Waals surface area contributed by atoms with Gasteiger partial charge in [-0.25, -0.2) is 0 Å². The van der Waals surface area contributed by atoms with Crippen LogP contribution in [0.15, 0.2) is 29.4 Å². The number of pyridine rings is 1. The Morgan fingerprint density at radius 1 is 1.42 bits per heavy atom. The zero-order chi connectivity index (χ0) is 14.1. The van der Waals surface area contributed by atoms with E-state index in [1.165, 1.54) is 0 Å². The van der Waals surface area contributed by atoms with Gasteiger partial charge in [-0.2, -0.15) is 0 Å². The summed E-state index contributed by atoms with van der Waals surface area (Å²) in [6.07, 6.45) is 2.48. The molecule has 1 aromatic rings. The van der Waals surface area contributed by atoms with Crippen molar-refractivity contribution in [3.63, 3.8) is 0 Å². The molecule has 0 aromatic carbocycles. The first-order chi connectivity index (χ1) is 9.21. The summed E-state index contributed by atoms with van der Waals surface area (Å²) in [4.78, 5) is 10.6. The Hall–Kier alpha value is -1.62. The zero-order valence-electron chi connectivity index (χ0n) is 11.8. The molecule has 1 atom stereocenters. The Labute approximate surface area is 115 Å². The molecule has 1 unspecified atom stereocenters. The van der Waals surface area contributed by atoms with Gasteiger partial charge in [-0.15, -0.1) is 0 Å². The van der Waals surface area contributed by atoms with Crippen molar-refractivity contribution in [3.8, 4) is 0 Å². The van der Waals surface area contributed by atoms with Crippen molar-refractivity contribution in [2.45, 2.75) is 20.3 Å². The first kappa shape index (κ1) is 15.4. The Morgan fingerprint density at radius 2 is 2.16 bits per heavy atom. The second kappa shape index (κ2) is 8.48. The second-order valence-electron chi connectivity index (χ2n) is 4.44. The van der Waals surface area contributed by atoms with Gasteiger partial charge in [0.05, 0.1) is 0 Å². The molecule has 0 fully saturated rings. The van der Waals surface area contributed by atoms with Crippen LogP contribution in [-0.4, -0.2) is 47.2 Å². The smallest absolute Gasteiger partial charge is 0.191 e. The van der Waals surface area contributed by atoms with Crippen LogP contribution in [0, 0.1) is 5.92 Å². The molecule has 1 rings (SSSR count). The minimum Gasteiger partial charge on any atom is -0.396 e. The van der Waals surface area contributed by atoms with Gasteiger partial charge in [0.15, 0.2) is 5.96 Å². The summed E-state index contributed by atoms with van der Waals surface area (Å²) in [6.45, 7) is 6.39. The highest BCUT2D eigenvalue weighted by atomic mass is 16.3. The van der Waals surface area contributed by atoms with Crippen LogP contribution in [0.2, 0.25) is 0 Å².